The van der Waals surface area contributed by atoms with Crippen LogP contribution in [0, 0.1) is 0 Å². The van der Waals surface area contributed by atoms with E-state index in [0.29, 0.717) is 4.99 Å². The second kappa shape index (κ2) is 5.77. The third kappa shape index (κ3) is 5.45. The molecule has 3 nitrogen and oxygen atoms in total. The standard InChI is InChI=1S/C13H17NO2S/c1-13(2,3)16-11(15)9-14-12(17)10-7-5-4-6-8-10/h4-8H,9H2,1-3H3,(H,14,17). The van der Waals surface area contributed by atoms with Crippen molar-refractivity contribution < 1.29 is 9.53 Å². The van der Waals surface area contributed by atoms with Gasteiger partial charge in [0.1, 0.15) is 17.1 Å². The van der Waals surface area contributed by atoms with Crippen LogP contribution in [0.2, 0.25) is 0 Å². The lowest BCUT2D eigenvalue weighted by Gasteiger charge is -2.19. The predicted octanol–water partition coefficient (Wildman–Crippen LogP) is 2.29. The molecule has 0 aliphatic carbocycles. The molecule has 0 bridgehead atoms. The summed E-state index contributed by atoms with van der Waals surface area (Å²) in [5.41, 5.74) is 0.429. The largest absolute Gasteiger partial charge is 0.459 e. The summed E-state index contributed by atoms with van der Waals surface area (Å²) in [5, 5.41) is 2.88. The highest BCUT2D eigenvalue weighted by Gasteiger charge is 2.16. The van der Waals surface area contributed by atoms with Gasteiger partial charge >= 0.3 is 5.97 Å². The second-order valence-electron chi connectivity index (χ2n) is 4.64. The van der Waals surface area contributed by atoms with E-state index in [1.54, 1.807) is 0 Å². The third-order valence-electron chi connectivity index (χ3n) is 1.85. The third-order valence-corrected chi connectivity index (χ3v) is 2.23. The molecular weight excluding hydrogens is 234 g/mol. The zero-order valence-corrected chi connectivity index (χ0v) is 11.1. The molecule has 0 atom stereocenters. The lowest BCUT2D eigenvalue weighted by Crippen LogP contribution is -2.34. The van der Waals surface area contributed by atoms with Gasteiger partial charge in [-0.15, -0.1) is 0 Å². The van der Waals surface area contributed by atoms with E-state index in [1.807, 2.05) is 51.1 Å². The van der Waals surface area contributed by atoms with Crippen molar-refractivity contribution in [3.05, 3.63) is 35.9 Å². The fourth-order valence-electron chi connectivity index (χ4n) is 1.22. The van der Waals surface area contributed by atoms with Gasteiger partial charge in [-0.3, -0.25) is 4.79 Å². The van der Waals surface area contributed by atoms with Crippen LogP contribution < -0.4 is 5.32 Å². The second-order valence-corrected chi connectivity index (χ2v) is 5.04. The molecule has 0 aromatic heterocycles. The van der Waals surface area contributed by atoms with E-state index in [-0.39, 0.29) is 12.5 Å². The molecule has 0 radical (unpaired) electrons. The maximum Gasteiger partial charge on any atom is 0.325 e. The van der Waals surface area contributed by atoms with Gasteiger partial charge in [-0.05, 0) is 20.8 Å². The van der Waals surface area contributed by atoms with E-state index in [4.69, 9.17) is 17.0 Å². The normalized spacial score (nSPS) is 10.8. The van der Waals surface area contributed by atoms with E-state index in [9.17, 15) is 4.79 Å². The van der Waals surface area contributed by atoms with Crippen LogP contribution in [0.4, 0.5) is 0 Å². The van der Waals surface area contributed by atoms with E-state index in [2.05, 4.69) is 5.32 Å². The van der Waals surface area contributed by atoms with Crippen LogP contribution in [0.15, 0.2) is 30.3 Å². The molecule has 1 aromatic rings. The Hall–Kier alpha value is -1.42. The Morgan fingerprint density at radius 1 is 1.29 bits per heavy atom. The minimum Gasteiger partial charge on any atom is -0.459 e. The van der Waals surface area contributed by atoms with Crippen molar-refractivity contribution in [2.24, 2.45) is 0 Å². The average Bonchev–Trinajstić information content (AvgIpc) is 2.25. The minimum atomic E-state index is -0.465. The summed E-state index contributed by atoms with van der Waals surface area (Å²) in [5.74, 6) is -0.309. The highest BCUT2D eigenvalue weighted by molar-refractivity contribution is 7.80. The smallest absolute Gasteiger partial charge is 0.325 e. The van der Waals surface area contributed by atoms with Crippen LogP contribution in [0.25, 0.3) is 0 Å². The molecule has 92 valence electrons. The molecule has 1 N–H and O–H groups in total. The SMILES string of the molecule is CC(C)(C)OC(=O)CNC(=S)c1ccccc1. The number of rotatable bonds is 3. The molecule has 0 aliphatic rings. The first-order valence-electron chi connectivity index (χ1n) is 5.43. The zero-order valence-electron chi connectivity index (χ0n) is 10.3. The molecule has 0 saturated heterocycles. The first-order chi connectivity index (χ1) is 7.88. The van der Waals surface area contributed by atoms with E-state index in [1.165, 1.54) is 0 Å². The Morgan fingerprint density at radius 3 is 2.41 bits per heavy atom. The summed E-state index contributed by atoms with van der Waals surface area (Å²) in [6, 6.07) is 9.50. The topological polar surface area (TPSA) is 38.3 Å². The summed E-state index contributed by atoms with van der Waals surface area (Å²) >= 11 is 5.16. The number of carbonyl (C=O) groups excluding carboxylic acids is 1. The van der Waals surface area contributed by atoms with Gasteiger partial charge in [-0.2, -0.15) is 0 Å². The molecule has 0 heterocycles. The molecule has 17 heavy (non-hydrogen) atoms. The molecule has 0 fully saturated rings. The molecule has 1 aromatic carbocycles. The average molecular weight is 251 g/mol. The van der Waals surface area contributed by atoms with Crippen LogP contribution in [0.3, 0.4) is 0 Å². The first-order valence-corrected chi connectivity index (χ1v) is 5.84. The predicted molar refractivity (Wildman–Crippen MR) is 72.0 cm³/mol. The maximum absolute atomic E-state index is 11.5. The van der Waals surface area contributed by atoms with Gasteiger partial charge in [-0.1, -0.05) is 42.5 Å². The molecule has 0 amide bonds. The lowest BCUT2D eigenvalue weighted by atomic mass is 10.2. The summed E-state index contributed by atoms with van der Waals surface area (Å²) in [6.45, 7) is 5.59. The van der Waals surface area contributed by atoms with Crippen LogP contribution >= 0.6 is 12.2 Å². The van der Waals surface area contributed by atoms with Crippen molar-refractivity contribution >= 4 is 23.2 Å². The van der Waals surface area contributed by atoms with Gasteiger partial charge < -0.3 is 10.1 Å². The highest BCUT2D eigenvalue weighted by atomic mass is 32.1. The molecule has 0 saturated carbocycles. The number of ether oxygens (including phenoxy) is 1. The molecule has 4 heteroatoms. The van der Waals surface area contributed by atoms with Crippen molar-refractivity contribution in [1.82, 2.24) is 5.32 Å². The fraction of sp³-hybridized carbons (Fsp3) is 0.385. The van der Waals surface area contributed by atoms with Crippen molar-refractivity contribution in [2.75, 3.05) is 6.54 Å². The monoisotopic (exact) mass is 251 g/mol. The molecule has 1 rings (SSSR count). The van der Waals surface area contributed by atoms with E-state index in [0.717, 1.165) is 5.56 Å². The van der Waals surface area contributed by atoms with Crippen molar-refractivity contribution in [3.63, 3.8) is 0 Å². The van der Waals surface area contributed by atoms with Gasteiger partial charge in [0.15, 0.2) is 0 Å². The van der Waals surface area contributed by atoms with Crippen molar-refractivity contribution in [1.29, 1.82) is 0 Å². The van der Waals surface area contributed by atoms with Crippen LogP contribution in [0.1, 0.15) is 26.3 Å². The minimum absolute atomic E-state index is 0.0883. The van der Waals surface area contributed by atoms with Gasteiger partial charge in [0, 0.05) is 5.56 Å². The number of benzene rings is 1. The Balaban J connectivity index is 2.42. The number of carbonyl (C=O) groups is 1. The van der Waals surface area contributed by atoms with Gasteiger partial charge in [-0.25, -0.2) is 0 Å². The maximum atomic E-state index is 11.5. The van der Waals surface area contributed by atoms with Crippen LogP contribution in [0.5, 0.6) is 0 Å². The zero-order chi connectivity index (χ0) is 12.9. The number of esters is 1. The molecule has 0 spiro atoms. The van der Waals surface area contributed by atoms with Crippen LogP contribution in [-0.4, -0.2) is 23.1 Å². The Morgan fingerprint density at radius 2 is 1.88 bits per heavy atom. The van der Waals surface area contributed by atoms with Crippen molar-refractivity contribution in [3.8, 4) is 0 Å². The number of hydrogen-bond donors (Lipinski definition) is 1. The summed E-state index contributed by atoms with van der Waals surface area (Å²) in [7, 11) is 0. The van der Waals surface area contributed by atoms with Gasteiger partial charge in [0.25, 0.3) is 0 Å². The van der Waals surface area contributed by atoms with Gasteiger partial charge in [0.05, 0.1) is 0 Å². The highest BCUT2D eigenvalue weighted by Crippen LogP contribution is 2.06. The number of nitrogens with one attached hydrogen (secondary N) is 1. The van der Waals surface area contributed by atoms with Crippen molar-refractivity contribution in [2.45, 2.75) is 26.4 Å². The van der Waals surface area contributed by atoms with E-state index < -0.39 is 5.60 Å². The van der Waals surface area contributed by atoms with Gasteiger partial charge in [0.2, 0.25) is 0 Å². The Kier molecular flexibility index (Phi) is 4.63. The Bertz CT molecular complexity index is 396. The number of hydrogen-bond acceptors (Lipinski definition) is 3. The fourth-order valence-corrected chi connectivity index (χ4v) is 1.43. The number of thiocarbonyl (C=S) groups is 1. The summed E-state index contributed by atoms with van der Waals surface area (Å²) < 4.78 is 5.16. The lowest BCUT2D eigenvalue weighted by molar-refractivity contribution is -0.153. The van der Waals surface area contributed by atoms with E-state index >= 15 is 0 Å². The van der Waals surface area contributed by atoms with Crippen LogP contribution in [-0.2, 0) is 9.53 Å². The quantitative estimate of drug-likeness (QED) is 0.661. The Labute approximate surface area is 107 Å². The summed E-state index contributed by atoms with van der Waals surface area (Å²) in [4.78, 5) is 12.0. The summed E-state index contributed by atoms with van der Waals surface area (Å²) in [6.07, 6.45) is 0. The first kappa shape index (κ1) is 13.6. The molecule has 0 unspecified atom stereocenters. The molecular formula is C13H17NO2S. The molecule has 0 aliphatic heterocycles.